The minimum Gasteiger partial charge on any atom is -0.343 e. The number of hydrogen-bond donors (Lipinski definition) is 1. The molecule has 0 spiro atoms. The molecular formula is C20H18FN5O. The molecule has 2 aromatic heterocycles. The summed E-state index contributed by atoms with van der Waals surface area (Å²) in [6, 6.07) is 13.8. The molecule has 0 fully saturated rings. The first-order chi connectivity index (χ1) is 13.2. The zero-order valence-corrected chi connectivity index (χ0v) is 14.8. The predicted octanol–water partition coefficient (Wildman–Crippen LogP) is 3.31. The molecule has 1 amide bonds. The summed E-state index contributed by atoms with van der Waals surface area (Å²) in [5, 5.41) is 2.90. The number of imidazole rings is 2. The van der Waals surface area contributed by atoms with Crippen LogP contribution in [-0.4, -0.2) is 25.0 Å². The Labute approximate surface area is 155 Å². The Morgan fingerprint density at radius 1 is 1.15 bits per heavy atom. The molecule has 6 nitrogen and oxygen atoms in total. The standard InChI is InChI=1S/C20H18FN5O/c1-2-25-17-6-4-3-5-16(17)24-19(25)12-23-20(27)18-11-22-13-26(18)15-9-7-14(21)8-10-15/h3-11,13H,2,12H2,1H3,(H,23,27). The molecule has 0 saturated heterocycles. The van der Waals surface area contributed by atoms with Crippen LogP contribution in [0, 0.1) is 5.82 Å². The molecule has 2 aromatic carbocycles. The number of hydrogen-bond acceptors (Lipinski definition) is 3. The van der Waals surface area contributed by atoms with Crippen LogP contribution in [0.25, 0.3) is 16.7 Å². The van der Waals surface area contributed by atoms with Gasteiger partial charge in [0.25, 0.3) is 5.91 Å². The number of carbonyl (C=O) groups is 1. The van der Waals surface area contributed by atoms with Crippen molar-refractivity contribution in [2.45, 2.75) is 20.0 Å². The Morgan fingerprint density at radius 3 is 2.70 bits per heavy atom. The van der Waals surface area contributed by atoms with Crippen molar-refractivity contribution in [3.63, 3.8) is 0 Å². The smallest absolute Gasteiger partial charge is 0.270 e. The number of aryl methyl sites for hydroxylation is 1. The zero-order chi connectivity index (χ0) is 18.8. The fourth-order valence-corrected chi connectivity index (χ4v) is 3.13. The Bertz CT molecular complexity index is 1100. The van der Waals surface area contributed by atoms with Gasteiger partial charge < -0.3 is 9.88 Å². The largest absolute Gasteiger partial charge is 0.343 e. The molecule has 0 bridgehead atoms. The summed E-state index contributed by atoms with van der Waals surface area (Å²) in [5.41, 5.74) is 2.99. The van der Waals surface area contributed by atoms with E-state index in [1.54, 1.807) is 16.7 Å². The number of fused-ring (bicyclic) bond motifs is 1. The molecule has 0 aliphatic heterocycles. The van der Waals surface area contributed by atoms with Crippen LogP contribution in [0.1, 0.15) is 23.2 Å². The third-order valence-corrected chi connectivity index (χ3v) is 4.43. The van der Waals surface area contributed by atoms with E-state index >= 15 is 0 Å². The molecule has 136 valence electrons. The number of aromatic nitrogens is 4. The van der Waals surface area contributed by atoms with Gasteiger partial charge in [-0.3, -0.25) is 9.36 Å². The third-order valence-electron chi connectivity index (χ3n) is 4.43. The van der Waals surface area contributed by atoms with Crippen LogP contribution in [0.4, 0.5) is 4.39 Å². The van der Waals surface area contributed by atoms with Crippen molar-refractivity contribution in [3.8, 4) is 5.69 Å². The Balaban J connectivity index is 1.56. The molecule has 0 aliphatic carbocycles. The van der Waals surface area contributed by atoms with Crippen LogP contribution in [-0.2, 0) is 13.1 Å². The van der Waals surface area contributed by atoms with Gasteiger partial charge in [-0.25, -0.2) is 14.4 Å². The fraction of sp³-hybridized carbons (Fsp3) is 0.150. The maximum atomic E-state index is 13.1. The number of nitrogens with zero attached hydrogens (tertiary/aromatic N) is 4. The molecule has 1 N–H and O–H groups in total. The lowest BCUT2D eigenvalue weighted by atomic mass is 10.3. The van der Waals surface area contributed by atoms with Crippen molar-refractivity contribution in [2.24, 2.45) is 0 Å². The topological polar surface area (TPSA) is 64.7 Å². The van der Waals surface area contributed by atoms with E-state index in [9.17, 15) is 9.18 Å². The van der Waals surface area contributed by atoms with Gasteiger partial charge in [0, 0.05) is 12.2 Å². The number of para-hydroxylation sites is 2. The first kappa shape index (κ1) is 17.0. The average Bonchev–Trinajstić information content (AvgIpc) is 3.31. The number of benzene rings is 2. The monoisotopic (exact) mass is 363 g/mol. The van der Waals surface area contributed by atoms with Crippen molar-refractivity contribution in [1.29, 1.82) is 0 Å². The second-order valence-corrected chi connectivity index (χ2v) is 6.07. The second-order valence-electron chi connectivity index (χ2n) is 6.07. The summed E-state index contributed by atoms with van der Waals surface area (Å²) in [6.45, 7) is 3.11. The third kappa shape index (κ3) is 3.19. The van der Waals surface area contributed by atoms with E-state index in [0.29, 0.717) is 17.9 Å². The molecule has 0 atom stereocenters. The number of rotatable bonds is 5. The maximum absolute atomic E-state index is 13.1. The Kier molecular flexibility index (Phi) is 4.42. The summed E-state index contributed by atoms with van der Waals surface area (Å²) < 4.78 is 16.8. The van der Waals surface area contributed by atoms with Gasteiger partial charge in [0.1, 0.15) is 17.3 Å². The van der Waals surface area contributed by atoms with Gasteiger partial charge in [0.2, 0.25) is 0 Å². The van der Waals surface area contributed by atoms with Crippen LogP contribution < -0.4 is 5.32 Å². The minimum atomic E-state index is -0.330. The number of amides is 1. The molecule has 0 unspecified atom stereocenters. The molecule has 0 saturated carbocycles. The lowest BCUT2D eigenvalue weighted by Gasteiger charge is -2.10. The first-order valence-corrected chi connectivity index (χ1v) is 8.68. The lowest BCUT2D eigenvalue weighted by Crippen LogP contribution is -2.26. The Hall–Kier alpha value is -3.48. The normalized spacial score (nSPS) is 11.0. The van der Waals surface area contributed by atoms with Gasteiger partial charge >= 0.3 is 0 Å². The van der Waals surface area contributed by atoms with Crippen molar-refractivity contribution in [1.82, 2.24) is 24.4 Å². The molecular weight excluding hydrogens is 345 g/mol. The first-order valence-electron chi connectivity index (χ1n) is 8.68. The number of nitrogens with one attached hydrogen (secondary N) is 1. The minimum absolute atomic E-state index is 0.272. The highest BCUT2D eigenvalue weighted by Gasteiger charge is 2.15. The number of halogens is 1. The predicted molar refractivity (Wildman–Crippen MR) is 100 cm³/mol. The highest BCUT2D eigenvalue weighted by Crippen LogP contribution is 2.16. The molecule has 0 aliphatic rings. The van der Waals surface area contributed by atoms with Gasteiger partial charge in [0.05, 0.1) is 30.1 Å². The van der Waals surface area contributed by atoms with Crippen LogP contribution in [0.15, 0.2) is 61.1 Å². The zero-order valence-electron chi connectivity index (χ0n) is 14.8. The van der Waals surface area contributed by atoms with E-state index in [1.807, 2.05) is 31.2 Å². The van der Waals surface area contributed by atoms with Gasteiger partial charge in [-0.1, -0.05) is 12.1 Å². The van der Waals surface area contributed by atoms with Crippen LogP contribution in [0.3, 0.4) is 0 Å². The van der Waals surface area contributed by atoms with Gasteiger partial charge in [-0.2, -0.15) is 0 Å². The van der Waals surface area contributed by atoms with Gasteiger partial charge in [-0.05, 0) is 43.3 Å². The summed E-state index contributed by atoms with van der Waals surface area (Å²) in [4.78, 5) is 21.3. The lowest BCUT2D eigenvalue weighted by molar-refractivity contribution is 0.0942. The van der Waals surface area contributed by atoms with Gasteiger partial charge in [-0.15, -0.1) is 0 Å². The van der Waals surface area contributed by atoms with Gasteiger partial charge in [0.15, 0.2) is 0 Å². The van der Waals surface area contributed by atoms with Crippen molar-refractivity contribution >= 4 is 16.9 Å². The Morgan fingerprint density at radius 2 is 1.93 bits per heavy atom. The van der Waals surface area contributed by atoms with E-state index in [4.69, 9.17) is 0 Å². The number of carbonyl (C=O) groups excluding carboxylic acids is 1. The van der Waals surface area contributed by atoms with Crippen LogP contribution in [0.2, 0.25) is 0 Å². The van der Waals surface area contributed by atoms with E-state index in [1.165, 1.54) is 24.7 Å². The van der Waals surface area contributed by atoms with E-state index < -0.39 is 0 Å². The second kappa shape index (κ2) is 7.03. The van der Waals surface area contributed by atoms with E-state index in [2.05, 4.69) is 19.9 Å². The SMILES string of the molecule is CCn1c(CNC(=O)c2cncn2-c2ccc(F)cc2)nc2ccccc21. The van der Waals surface area contributed by atoms with Crippen molar-refractivity contribution < 1.29 is 9.18 Å². The summed E-state index contributed by atoms with van der Waals surface area (Å²) >= 11 is 0. The van der Waals surface area contributed by atoms with Crippen molar-refractivity contribution in [2.75, 3.05) is 0 Å². The molecule has 7 heteroatoms. The summed E-state index contributed by atoms with van der Waals surface area (Å²) in [7, 11) is 0. The quantitative estimate of drug-likeness (QED) is 0.592. The molecule has 0 radical (unpaired) electrons. The van der Waals surface area contributed by atoms with Crippen molar-refractivity contribution in [3.05, 3.63) is 78.4 Å². The van der Waals surface area contributed by atoms with E-state index in [-0.39, 0.29) is 11.7 Å². The highest BCUT2D eigenvalue weighted by molar-refractivity contribution is 5.93. The summed E-state index contributed by atoms with van der Waals surface area (Å²) in [5.74, 6) is 0.190. The molecule has 2 heterocycles. The van der Waals surface area contributed by atoms with Crippen LogP contribution >= 0.6 is 0 Å². The van der Waals surface area contributed by atoms with Crippen LogP contribution in [0.5, 0.6) is 0 Å². The molecule has 4 aromatic rings. The molecule has 4 rings (SSSR count). The average molecular weight is 363 g/mol. The van der Waals surface area contributed by atoms with E-state index in [0.717, 1.165) is 23.4 Å². The fourth-order valence-electron chi connectivity index (χ4n) is 3.13. The highest BCUT2D eigenvalue weighted by atomic mass is 19.1. The molecule has 27 heavy (non-hydrogen) atoms. The summed E-state index contributed by atoms with van der Waals surface area (Å²) in [6.07, 6.45) is 3.02. The maximum Gasteiger partial charge on any atom is 0.270 e.